The topological polar surface area (TPSA) is 15.3 Å². The SMILES string of the molecule is CCC(C)C1CN(CC(CC)(CC)SC)C(C)CN1. The summed E-state index contributed by atoms with van der Waals surface area (Å²) < 4.78 is 0.450. The van der Waals surface area contributed by atoms with Crippen LogP contribution in [0.15, 0.2) is 0 Å². The van der Waals surface area contributed by atoms with E-state index in [1.54, 1.807) is 0 Å². The summed E-state index contributed by atoms with van der Waals surface area (Å²) in [7, 11) is 0. The first-order valence-electron chi connectivity index (χ1n) is 8.04. The van der Waals surface area contributed by atoms with Gasteiger partial charge in [0, 0.05) is 36.5 Å². The summed E-state index contributed by atoms with van der Waals surface area (Å²) in [6.45, 7) is 15.4. The van der Waals surface area contributed by atoms with E-state index in [9.17, 15) is 0 Å². The third kappa shape index (κ3) is 4.37. The highest BCUT2D eigenvalue weighted by molar-refractivity contribution is 8.00. The van der Waals surface area contributed by atoms with Crippen LogP contribution in [-0.4, -0.2) is 47.6 Å². The van der Waals surface area contributed by atoms with Crippen molar-refractivity contribution in [1.29, 1.82) is 0 Å². The van der Waals surface area contributed by atoms with Crippen LogP contribution in [0.2, 0.25) is 0 Å². The average Bonchev–Trinajstić information content (AvgIpc) is 2.46. The number of rotatable bonds is 7. The Morgan fingerprint density at radius 2 is 1.95 bits per heavy atom. The maximum atomic E-state index is 3.74. The van der Waals surface area contributed by atoms with Crippen molar-refractivity contribution in [3.8, 4) is 0 Å². The number of piperazine rings is 1. The van der Waals surface area contributed by atoms with Crippen LogP contribution in [0.5, 0.6) is 0 Å². The molecule has 3 heteroatoms. The van der Waals surface area contributed by atoms with Crippen LogP contribution in [-0.2, 0) is 0 Å². The molecule has 1 aliphatic heterocycles. The van der Waals surface area contributed by atoms with E-state index in [-0.39, 0.29) is 0 Å². The Bertz CT molecular complexity index is 245. The van der Waals surface area contributed by atoms with Crippen LogP contribution >= 0.6 is 11.8 Å². The molecule has 114 valence electrons. The summed E-state index contributed by atoms with van der Waals surface area (Å²) in [5, 5.41) is 3.74. The Hall–Kier alpha value is 0.270. The molecule has 2 nitrogen and oxygen atoms in total. The van der Waals surface area contributed by atoms with Crippen molar-refractivity contribution >= 4 is 11.8 Å². The first-order chi connectivity index (χ1) is 9.01. The van der Waals surface area contributed by atoms with Gasteiger partial charge >= 0.3 is 0 Å². The van der Waals surface area contributed by atoms with E-state index in [4.69, 9.17) is 0 Å². The van der Waals surface area contributed by atoms with E-state index in [1.807, 2.05) is 0 Å². The molecule has 0 saturated carbocycles. The molecule has 0 aromatic heterocycles. The lowest BCUT2D eigenvalue weighted by molar-refractivity contribution is 0.106. The molecule has 0 aromatic carbocycles. The summed E-state index contributed by atoms with van der Waals surface area (Å²) in [5.74, 6) is 0.780. The Balaban J connectivity index is 2.68. The van der Waals surface area contributed by atoms with Gasteiger partial charge in [-0.05, 0) is 31.9 Å². The monoisotopic (exact) mass is 286 g/mol. The van der Waals surface area contributed by atoms with Crippen LogP contribution in [0.3, 0.4) is 0 Å². The van der Waals surface area contributed by atoms with E-state index < -0.39 is 0 Å². The second-order valence-corrected chi connectivity index (χ2v) is 7.55. The lowest BCUT2D eigenvalue weighted by Crippen LogP contribution is -2.59. The molecular formula is C16H34N2S. The van der Waals surface area contributed by atoms with Crippen LogP contribution < -0.4 is 5.32 Å². The van der Waals surface area contributed by atoms with E-state index in [0.717, 1.165) is 12.5 Å². The van der Waals surface area contributed by atoms with Crippen molar-refractivity contribution in [2.45, 2.75) is 70.7 Å². The van der Waals surface area contributed by atoms with Gasteiger partial charge in [-0.1, -0.05) is 34.1 Å². The molecule has 0 aromatic rings. The zero-order chi connectivity index (χ0) is 14.5. The van der Waals surface area contributed by atoms with Gasteiger partial charge < -0.3 is 5.32 Å². The molecule has 1 heterocycles. The maximum Gasteiger partial charge on any atom is 0.0279 e. The van der Waals surface area contributed by atoms with Gasteiger partial charge in [-0.25, -0.2) is 0 Å². The lowest BCUT2D eigenvalue weighted by atomic mass is 9.93. The van der Waals surface area contributed by atoms with Crippen LogP contribution in [0.25, 0.3) is 0 Å². The normalized spacial score (nSPS) is 27.5. The highest BCUT2D eigenvalue weighted by Gasteiger charge is 2.34. The molecule has 1 fully saturated rings. The van der Waals surface area contributed by atoms with Gasteiger partial charge in [0.15, 0.2) is 0 Å². The number of thioether (sulfide) groups is 1. The largest absolute Gasteiger partial charge is 0.311 e. The Morgan fingerprint density at radius 1 is 1.32 bits per heavy atom. The molecule has 1 N–H and O–H groups in total. The van der Waals surface area contributed by atoms with E-state index in [0.29, 0.717) is 16.8 Å². The molecule has 1 saturated heterocycles. The van der Waals surface area contributed by atoms with Gasteiger partial charge in [-0.15, -0.1) is 0 Å². The third-order valence-corrected chi connectivity index (χ3v) is 6.85. The predicted molar refractivity (Wildman–Crippen MR) is 89.1 cm³/mol. The highest BCUT2D eigenvalue weighted by Crippen LogP contribution is 2.32. The van der Waals surface area contributed by atoms with Gasteiger partial charge in [0.05, 0.1) is 0 Å². The van der Waals surface area contributed by atoms with Crippen molar-refractivity contribution in [2.75, 3.05) is 25.9 Å². The Morgan fingerprint density at radius 3 is 2.42 bits per heavy atom. The lowest BCUT2D eigenvalue weighted by Gasteiger charge is -2.45. The van der Waals surface area contributed by atoms with Gasteiger partial charge in [0.2, 0.25) is 0 Å². The molecule has 0 spiro atoms. The molecule has 0 radical (unpaired) electrons. The Labute approximate surface area is 125 Å². The molecule has 0 amide bonds. The van der Waals surface area contributed by atoms with Gasteiger partial charge in [-0.3, -0.25) is 4.90 Å². The van der Waals surface area contributed by atoms with Crippen LogP contribution in [0, 0.1) is 5.92 Å². The quantitative estimate of drug-likeness (QED) is 0.769. The van der Waals surface area contributed by atoms with E-state index >= 15 is 0 Å². The fraction of sp³-hybridized carbons (Fsp3) is 1.00. The first kappa shape index (κ1) is 17.3. The highest BCUT2D eigenvalue weighted by atomic mass is 32.2. The predicted octanol–water partition coefficient (Wildman–Crippen LogP) is 3.62. The molecule has 1 rings (SSSR count). The van der Waals surface area contributed by atoms with Crippen molar-refractivity contribution in [3.05, 3.63) is 0 Å². The molecule has 1 aliphatic rings. The zero-order valence-corrected chi connectivity index (χ0v) is 14.6. The maximum absolute atomic E-state index is 3.74. The number of hydrogen-bond acceptors (Lipinski definition) is 3. The fourth-order valence-corrected chi connectivity index (χ4v) is 3.90. The summed E-state index contributed by atoms with van der Waals surface area (Å²) in [6, 6.07) is 1.35. The third-order valence-electron chi connectivity index (χ3n) is 5.27. The summed E-state index contributed by atoms with van der Waals surface area (Å²) >= 11 is 2.07. The number of nitrogens with zero attached hydrogens (tertiary/aromatic N) is 1. The summed E-state index contributed by atoms with van der Waals surface area (Å²) in [6.07, 6.45) is 6.10. The minimum absolute atomic E-state index is 0.450. The minimum Gasteiger partial charge on any atom is -0.311 e. The summed E-state index contributed by atoms with van der Waals surface area (Å²) in [5.41, 5.74) is 0. The van der Waals surface area contributed by atoms with Crippen molar-refractivity contribution in [2.24, 2.45) is 5.92 Å². The molecule has 0 bridgehead atoms. The van der Waals surface area contributed by atoms with Crippen molar-refractivity contribution < 1.29 is 0 Å². The molecule has 0 aliphatic carbocycles. The fourth-order valence-electron chi connectivity index (χ4n) is 3.03. The van der Waals surface area contributed by atoms with Crippen molar-refractivity contribution in [3.63, 3.8) is 0 Å². The molecule has 19 heavy (non-hydrogen) atoms. The van der Waals surface area contributed by atoms with Gasteiger partial charge in [-0.2, -0.15) is 11.8 Å². The molecule has 3 unspecified atom stereocenters. The Kier molecular flexibility index (Phi) is 7.20. The first-order valence-corrected chi connectivity index (χ1v) is 9.26. The number of hydrogen-bond donors (Lipinski definition) is 1. The van der Waals surface area contributed by atoms with Gasteiger partial charge in [0.1, 0.15) is 0 Å². The zero-order valence-electron chi connectivity index (χ0n) is 13.8. The van der Waals surface area contributed by atoms with Gasteiger partial charge in [0.25, 0.3) is 0 Å². The smallest absolute Gasteiger partial charge is 0.0279 e. The van der Waals surface area contributed by atoms with Crippen LogP contribution in [0.1, 0.15) is 53.9 Å². The van der Waals surface area contributed by atoms with Crippen LogP contribution in [0.4, 0.5) is 0 Å². The second kappa shape index (κ2) is 7.90. The average molecular weight is 287 g/mol. The van der Waals surface area contributed by atoms with E-state index in [1.165, 1.54) is 32.4 Å². The molecule has 3 atom stereocenters. The number of nitrogens with one attached hydrogen (secondary N) is 1. The minimum atomic E-state index is 0.450. The van der Waals surface area contributed by atoms with Crippen molar-refractivity contribution in [1.82, 2.24) is 10.2 Å². The molecular weight excluding hydrogens is 252 g/mol. The van der Waals surface area contributed by atoms with E-state index in [2.05, 4.69) is 62.9 Å². The second-order valence-electron chi connectivity index (χ2n) is 6.27. The standard InChI is InChI=1S/C16H34N2S/c1-7-13(4)15-11-18(14(5)10-17-15)12-16(8-2,9-3)19-6/h13-15,17H,7-12H2,1-6H3. The summed E-state index contributed by atoms with van der Waals surface area (Å²) in [4.78, 5) is 2.73.